The number of benzene rings is 1. The van der Waals surface area contributed by atoms with Crippen molar-refractivity contribution >= 4 is 34.9 Å². The number of aliphatic carboxylic acids is 1. The number of nitrogens with zero attached hydrogens (tertiary/aromatic N) is 1. The van der Waals surface area contributed by atoms with Crippen LogP contribution in [0.3, 0.4) is 0 Å². The first-order valence-electron chi connectivity index (χ1n) is 5.45. The summed E-state index contributed by atoms with van der Waals surface area (Å²) in [7, 11) is 0. The van der Waals surface area contributed by atoms with Crippen LogP contribution in [0.15, 0.2) is 18.2 Å². The van der Waals surface area contributed by atoms with E-state index in [1.54, 1.807) is 23.1 Å². The van der Waals surface area contributed by atoms with Crippen LogP contribution in [-0.2, 0) is 4.79 Å². The fourth-order valence-electron chi connectivity index (χ4n) is 1.80. The number of carboxylic acids is 1. The topological polar surface area (TPSA) is 40.5 Å². The summed E-state index contributed by atoms with van der Waals surface area (Å²) in [5, 5.41) is 10.2. The molecule has 0 aliphatic carbocycles. The number of halogens is 2. The van der Waals surface area contributed by atoms with Crippen molar-refractivity contribution in [3.8, 4) is 0 Å². The maximum absolute atomic E-state index is 11.2. The minimum atomic E-state index is -0.847. The fraction of sp³-hybridized carbons (Fsp3) is 0.417. The lowest BCUT2D eigenvalue weighted by Crippen LogP contribution is -2.41. The molecular formula is C12H15Cl2NO2. The average Bonchev–Trinajstić information content (AvgIpc) is 2.26. The van der Waals surface area contributed by atoms with E-state index >= 15 is 0 Å². The maximum Gasteiger partial charge on any atom is 0.326 e. The standard InChI is InChI=1S/C12H15Cl2NO2/c1-3-10(12(16)17)15(4-2)11-6-5-8(13)7-9(11)14/h5-7,10H,3-4H2,1-2H3,(H,16,17). The van der Waals surface area contributed by atoms with Gasteiger partial charge in [-0.2, -0.15) is 0 Å². The largest absolute Gasteiger partial charge is 0.480 e. The molecule has 1 unspecified atom stereocenters. The first-order chi connectivity index (χ1) is 8.01. The van der Waals surface area contributed by atoms with Crippen LogP contribution in [-0.4, -0.2) is 23.7 Å². The summed E-state index contributed by atoms with van der Waals surface area (Å²) < 4.78 is 0. The third kappa shape index (κ3) is 3.27. The number of hydrogen-bond donors (Lipinski definition) is 1. The molecule has 1 N–H and O–H groups in total. The number of carboxylic acid groups (broad SMARTS) is 1. The van der Waals surface area contributed by atoms with Crippen molar-refractivity contribution in [2.75, 3.05) is 11.4 Å². The Kier molecular flexibility index (Phi) is 5.09. The third-order valence-electron chi connectivity index (χ3n) is 2.61. The molecule has 94 valence electrons. The zero-order chi connectivity index (χ0) is 13.0. The van der Waals surface area contributed by atoms with Gasteiger partial charge in [-0.15, -0.1) is 0 Å². The van der Waals surface area contributed by atoms with E-state index in [1.165, 1.54) is 0 Å². The molecule has 0 bridgehead atoms. The molecule has 1 rings (SSSR count). The molecule has 1 atom stereocenters. The third-order valence-corrected chi connectivity index (χ3v) is 3.15. The van der Waals surface area contributed by atoms with Gasteiger partial charge in [-0.1, -0.05) is 30.1 Å². The maximum atomic E-state index is 11.2. The van der Waals surface area contributed by atoms with E-state index in [2.05, 4.69) is 0 Å². The Labute approximate surface area is 111 Å². The Morgan fingerprint density at radius 1 is 1.41 bits per heavy atom. The van der Waals surface area contributed by atoms with E-state index in [9.17, 15) is 9.90 Å². The first-order valence-corrected chi connectivity index (χ1v) is 6.21. The number of likely N-dealkylation sites (N-methyl/N-ethyl adjacent to an activating group) is 1. The van der Waals surface area contributed by atoms with Gasteiger partial charge in [0.2, 0.25) is 0 Å². The molecule has 0 aromatic heterocycles. The summed E-state index contributed by atoms with van der Waals surface area (Å²) in [4.78, 5) is 12.9. The summed E-state index contributed by atoms with van der Waals surface area (Å²) in [5.74, 6) is -0.847. The zero-order valence-corrected chi connectivity index (χ0v) is 11.3. The van der Waals surface area contributed by atoms with Crippen LogP contribution < -0.4 is 4.90 Å². The molecule has 17 heavy (non-hydrogen) atoms. The van der Waals surface area contributed by atoms with E-state index in [4.69, 9.17) is 23.2 Å². The van der Waals surface area contributed by atoms with Gasteiger partial charge in [0.05, 0.1) is 10.7 Å². The van der Waals surface area contributed by atoms with Crippen molar-refractivity contribution in [1.29, 1.82) is 0 Å². The predicted octanol–water partition coefficient (Wildman–Crippen LogP) is 3.68. The minimum absolute atomic E-state index is 0.471. The quantitative estimate of drug-likeness (QED) is 0.891. The van der Waals surface area contributed by atoms with Crippen LogP contribution in [0.4, 0.5) is 5.69 Å². The summed E-state index contributed by atoms with van der Waals surface area (Å²) in [6.07, 6.45) is 0.516. The van der Waals surface area contributed by atoms with Crippen LogP contribution >= 0.6 is 23.2 Å². The number of anilines is 1. The molecule has 1 aromatic rings. The van der Waals surface area contributed by atoms with E-state index in [1.807, 2.05) is 13.8 Å². The minimum Gasteiger partial charge on any atom is -0.480 e. The van der Waals surface area contributed by atoms with Crippen LogP contribution in [0.25, 0.3) is 0 Å². The van der Waals surface area contributed by atoms with Crippen molar-refractivity contribution in [3.05, 3.63) is 28.2 Å². The van der Waals surface area contributed by atoms with Crippen molar-refractivity contribution in [2.24, 2.45) is 0 Å². The average molecular weight is 276 g/mol. The molecule has 0 heterocycles. The zero-order valence-electron chi connectivity index (χ0n) is 9.78. The Morgan fingerprint density at radius 2 is 2.06 bits per heavy atom. The molecule has 0 aliphatic heterocycles. The van der Waals surface area contributed by atoms with Gasteiger partial charge < -0.3 is 10.0 Å². The molecule has 0 radical (unpaired) electrons. The normalized spacial score (nSPS) is 12.2. The number of rotatable bonds is 5. The van der Waals surface area contributed by atoms with Gasteiger partial charge in [0.15, 0.2) is 0 Å². The second-order valence-corrected chi connectivity index (χ2v) is 4.49. The van der Waals surface area contributed by atoms with Gasteiger partial charge in [-0.05, 0) is 31.5 Å². The molecule has 3 nitrogen and oxygen atoms in total. The highest BCUT2D eigenvalue weighted by Gasteiger charge is 2.24. The van der Waals surface area contributed by atoms with Gasteiger partial charge in [-0.25, -0.2) is 4.79 Å². The number of carbonyl (C=O) groups is 1. The highest BCUT2D eigenvalue weighted by molar-refractivity contribution is 6.36. The molecule has 0 amide bonds. The molecular weight excluding hydrogens is 261 g/mol. The Bertz CT molecular complexity index is 409. The van der Waals surface area contributed by atoms with E-state index < -0.39 is 12.0 Å². The van der Waals surface area contributed by atoms with Crippen LogP contribution in [0.1, 0.15) is 20.3 Å². The van der Waals surface area contributed by atoms with Crippen LogP contribution in [0.5, 0.6) is 0 Å². The van der Waals surface area contributed by atoms with Gasteiger partial charge in [0.1, 0.15) is 6.04 Å². The van der Waals surface area contributed by atoms with E-state index in [-0.39, 0.29) is 0 Å². The Balaban J connectivity index is 3.12. The Hall–Kier alpha value is -0.930. The van der Waals surface area contributed by atoms with Crippen LogP contribution in [0, 0.1) is 0 Å². The smallest absolute Gasteiger partial charge is 0.326 e. The molecule has 0 saturated carbocycles. The Morgan fingerprint density at radius 3 is 2.47 bits per heavy atom. The van der Waals surface area contributed by atoms with E-state index in [0.29, 0.717) is 28.7 Å². The fourth-order valence-corrected chi connectivity index (χ4v) is 2.32. The lowest BCUT2D eigenvalue weighted by Gasteiger charge is -2.29. The van der Waals surface area contributed by atoms with Crippen molar-refractivity contribution in [2.45, 2.75) is 26.3 Å². The molecule has 0 fully saturated rings. The molecule has 0 saturated heterocycles. The highest BCUT2D eigenvalue weighted by Crippen LogP contribution is 2.30. The van der Waals surface area contributed by atoms with Crippen molar-refractivity contribution in [1.82, 2.24) is 0 Å². The predicted molar refractivity (Wildman–Crippen MR) is 71.2 cm³/mol. The van der Waals surface area contributed by atoms with Crippen molar-refractivity contribution in [3.63, 3.8) is 0 Å². The van der Waals surface area contributed by atoms with Gasteiger partial charge >= 0.3 is 5.97 Å². The van der Waals surface area contributed by atoms with E-state index in [0.717, 1.165) is 0 Å². The lowest BCUT2D eigenvalue weighted by molar-refractivity contribution is -0.138. The van der Waals surface area contributed by atoms with Gasteiger partial charge in [-0.3, -0.25) is 0 Å². The van der Waals surface area contributed by atoms with Gasteiger partial charge in [0, 0.05) is 11.6 Å². The highest BCUT2D eigenvalue weighted by atomic mass is 35.5. The first kappa shape index (κ1) is 14.1. The molecule has 5 heteroatoms. The summed E-state index contributed by atoms with van der Waals surface area (Å²) >= 11 is 11.9. The summed E-state index contributed by atoms with van der Waals surface area (Å²) in [5.41, 5.74) is 0.702. The number of hydrogen-bond acceptors (Lipinski definition) is 2. The monoisotopic (exact) mass is 275 g/mol. The molecule has 0 spiro atoms. The van der Waals surface area contributed by atoms with Crippen LogP contribution in [0.2, 0.25) is 10.0 Å². The second-order valence-electron chi connectivity index (χ2n) is 3.64. The molecule has 0 aliphatic rings. The SMILES string of the molecule is CCC(C(=O)O)N(CC)c1ccc(Cl)cc1Cl. The molecule has 1 aromatic carbocycles. The lowest BCUT2D eigenvalue weighted by atomic mass is 10.1. The van der Waals surface area contributed by atoms with Gasteiger partial charge in [0.25, 0.3) is 0 Å². The second kappa shape index (κ2) is 6.12. The van der Waals surface area contributed by atoms with Crippen molar-refractivity contribution < 1.29 is 9.90 Å². The summed E-state index contributed by atoms with van der Waals surface area (Å²) in [6, 6.07) is 4.51. The summed E-state index contributed by atoms with van der Waals surface area (Å²) in [6.45, 7) is 4.31.